The van der Waals surface area contributed by atoms with Crippen molar-refractivity contribution >= 4 is 5.91 Å². The second kappa shape index (κ2) is 7.66. The van der Waals surface area contributed by atoms with E-state index in [9.17, 15) is 9.59 Å². The van der Waals surface area contributed by atoms with Crippen molar-refractivity contribution in [3.63, 3.8) is 0 Å². The lowest BCUT2D eigenvalue weighted by Crippen LogP contribution is -2.34. The molecule has 1 fully saturated rings. The lowest BCUT2D eigenvalue weighted by atomic mass is 9.94. The van der Waals surface area contributed by atoms with Crippen molar-refractivity contribution in [3.05, 3.63) is 69.3 Å². The van der Waals surface area contributed by atoms with Crippen LogP contribution in [0.1, 0.15) is 39.8 Å². The van der Waals surface area contributed by atoms with Gasteiger partial charge in [0.2, 0.25) is 0 Å². The van der Waals surface area contributed by atoms with Crippen LogP contribution in [0.2, 0.25) is 0 Å². The molecular formula is C20H24N2O3. The summed E-state index contributed by atoms with van der Waals surface area (Å²) in [6, 6.07) is 11.1. The van der Waals surface area contributed by atoms with Crippen molar-refractivity contribution in [2.24, 2.45) is 0 Å². The van der Waals surface area contributed by atoms with E-state index in [0.29, 0.717) is 18.2 Å². The first-order valence-electron chi connectivity index (χ1n) is 8.71. The Morgan fingerprint density at radius 3 is 2.84 bits per heavy atom. The van der Waals surface area contributed by atoms with Crippen molar-refractivity contribution in [2.45, 2.75) is 26.2 Å². The Balaban J connectivity index is 1.49. The highest BCUT2D eigenvalue weighted by molar-refractivity contribution is 5.91. The number of carbonyl (C=O) groups excluding carboxylic acids is 1. The van der Waals surface area contributed by atoms with E-state index in [2.05, 4.69) is 41.4 Å². The number of aryl methyl sites for hydroxylation is 2. The molecule has 0 unspecified atom stereocenters. The lowest BCUT2D eigenvalue weighted by Gasteiger charge is -2.17. The van der Waals surface area contributed by atoms with E-state index in [0.717, 1.165) is 26.1 Å². The highest BCUT2D eigenvalue weighted by Crippen LogP contribution is 2.28. The number of nitrogens with one attached hydrogen (secondary N) is 1. The predicted octanol–water partition coefficient (Wildman–Crippen LogP) is 2.48. The Kier molecular flexibility index (Phi) is 5.34. The summed E-state index contributed by atoms with van der Waals surface area (Å²) in [6.07, 6.45) is 1.14. The first-order chi connectivity index (χ1) is 12.0. The largest absolute Gasteiger partial charge is 0.456 e. The quantitative estimate of drug-likeness (QED) is 0.908. The number of hydrogen-bond acceptors (Lipinski definition) is 4. The van der Waals surface area contributed by atoms with Crippen molar-refractivity contribution < 1.29 is 9.21 Å². The molecule has 0 radical (unpaired) electrons. The molecule has 5 heteroatoms. The second-order valence-corrected chi connectivity index (χ2v) is 6.67. The Labute approximate surface area is 147 Å². The Bertz CT molecular complexity index is 813. The number of likely N-dealkylation sites (tertiary alicyclic amines) is 1. The van der Waals surface area contributed by atoms with Gasteiger partial charge in [-0.05, 0) is 43.9 Å². The zero-order valence-corrected chi connectivity index (χ0v) is 14.7. The van der Waals surface area contributed by atoms with Gasteiger partial charge in [-0.2, -0.15) is 0 Å². The molecule has 1 atom stereocenters. The van der Waals surface area contributed by atoms with E-state index in [1.807, 2.05) is 0 Å². The van der Waals surface area contributed by atoms with Crippen LogP contribution in [0.15, 0.2) is 45.6 Å². The minimum atomic E-state index is -0.338. The van der Waals surface area contributed by atoms with Crippen LogP contribution >= 0.6 is 0 Å². The minimum absolute atomic E-state index is 0.0733. The van der Waals surface area contributed by atoms with Crippen LogP contribution in [0.5, 0.6) is 0 Å². The van der Waals surface area contributed by atoms with E-state index in [4.69, 9.17) is 4.42 Å². The summed E-state index contributed by atoms with van der Waals surface area (Å²) < 4.78 is 5.30. The van der Waals surface area contributed by atoms with Gasteiger partial charge < -0.3 is 14.6 Å². The third-order valence-corrected chi connectivity index (χ3v) is 4.73. The molecule has 0 saturated carbocycles. The Morgan fingerprint density at radius 1 is 1.28 bits per heavy atom. The topological polar surface area (TPSA) is 62.6 Å². The predicted molar refractivity (Wildman–Crippen MR) is 97.0 cm³/mol. The summed E-state index contributed by atoms with van der Waals surface area (Å²) in [5, 5.41) is 2.83. The van der Waals surface area contributed by atoms with Gasteiger partial charge in [0.15, 0.2) is 11.2 Å². The van der Waals surface area contributed by atoms with Crippen molar-refractivity contribution in [2.75, 3.05) is 26.2 Å². The molecule has 132 valence electrons. The molecule has 2 aromatic rings. The maximum Gasteiger partial charge on any atom is 0.287 e. The van der Waals surface area contributed by atoms with Crippen LogP contribution in [0.4, 0.5) is 0 Å². The van der Waals surface area contributed by atoms with Gasteiger partial charge in [0, 0.05) is 31.8 Å². The third-order valence-electron chi connectivity index (χ3n) is 4.73. The van der Waals surface area contributed by atoms with Gasteiger partial charge in [-0.3, -0.25) is 9.59 Å². The highest BCUT2D eigenvalue weighted by atomic mass is 16.3. The fourth-order valence-corrected chi connectivity index (χ4v) is 3.46. The van der Waals surface area contributed by atoms with E-state index < -0.39 is 0 Å². The number of rotatable bonds is 5. The molecule has 2 heterocycles. The molecule has 1 aromatic heterocycles. The molecule has 1 saturated heterocycles. The van der Waals surface area contributed by atoms with Crippen LogP contribution < -0.4 is 10.7 Å². The van der Waals surface area contributed by atoms with Gasteiger partial charge in [0.25, 0.3) is 5.91 Å². The number of nitrogens with zero attached hydrogens (tertiary/aromatic N) is 1. The maximum absolute atomic E-state index is 12.1. The van der Waals surface area contributed by atoms with Crippen molar-refractivity contribution in [3.8, 4) is 0 Å². The maximum atomic E-state index is 12.1. The summed E-state index contributed by atoms with van der Waals surface area (Å²) in [6.45, 7) is 7.21. The minimum Gasteiger partial charge on any atom is -0.456 e. The zero-order chi connectivity index (χ0) is 17.8. The third kappa shape index (κ3) is 4.37. The molecule has 1 aliphatic heterocycles. The first-order valence-corrected chi connectivity index (χ1v) is 8.71. The van der Waals surface area contributed by atoms with Crippen LogP contribution in [0.3, 0.4) is 0 Å². The van der Waals surface area contributed by atoms with Gasteiger partial charge in [-0.1, -0.05) is 24.3 Å². The van der Waals surface area contributed by atoms with Crippen LogP contribution in [-0.2, 0) is 0 Å². The first kappa shape index (κ1) is 17.4. The summed E-state index contributed by atoms with van der Waals surface area (Å²) >= 11 is 0. The van der Waals surface area contributed by atoms with Gasteiger partial charge in [-0.15, -0.1) is 0 Å². The standard InChI is InChI=1S/C20H24N2O3/c1-14-5-3-4-6-18(14)16-7-9-22(13-16)10-8-21-20(24)19-12-17(23)11-15(2)25-19/h3-6,11-12,16H,7-10,13H2,1-2H3,(H,21,24)/t16-/m0/s1. The molecule has 1 N–H and O–H groups in total. The van der Waals surface area contributed by atoms with Gasteiger partial charge in [0.05, 0.1) is 0 Å². The van der Waals surface area contributed by atoms with E-state index in [-0.39, 0.29) is 17.1 Å². The monoisotopic (exact) mass is 340 g/mol. The Morgan fingerprint density at radius 2 is 2.08 bits per heavy atom. The lowest BCUT2D eigenvalue weighted by molar-refractivity contribution is 0.0918. The summed E-state index contributed by atoms with van der Waals surface area (Å²) in [5.41, 5.74) is 2.56. The number of benzene rings is 1. The molecule has 0 aliphatic carbocycles. The average Bonchev–Trinajstić information content (AvgIpc) is 3.03. The molecule has 1 aromatic carbocycles. The summed E-state index contributed by atoms with van der Waals surface area (Å²) in [5.74, 6) is 0.740. The van der Waals surface area contributed by atoms with Crippen LogP contribution in [0, 0.1) is 13.8 Å². The van der Waals surface area contributed by atoms with Crippen LogP contribution in [-0.4, -0.2) is 37.0 Å². The van der Waals surface area contributed by atoms with E-state index in [1.54, 1.807) is 6.92 Å². The molecule has 1 amide bonds. The molecular weight excluding hydrogens is 316 g/mol. The molecule has 25 heavy (non-hydrogen) atoms. The Hall–Kier alpha value is -2.40. The fourth-order valence-electron chi connectivity index (χ4n) is 3.46. The van der Waals surface area contributed by atoms with Gasteiger partial charge in [-0.25, -0.2) is 0 Å². The molecule has 1 aliphatic rings. The summed E-state index contributed by atoms with van der Waals surface area (Å²) in [7, 11) is 0. The smallest absolute Gasteiger partial charge is 0.287 e. The molecule has 5 nitrogen and oxygen atoms in total. The van der Waals surface area contributed by atoms with Gasteiger partial charge >= 0.3 is 0 Å². The number of carbonyl (C=O) groups is 1. The van der Waals surface area contributed by atoms with Crippen molar-refractivity contribution in [1.29, 1.82) is 0 Å². The molecule has 0 spiro atoms. The van der Waals surface area contributed by atoms with Gasteiger partial charge in [0.1, 0.15) is 5.76 Å². The normalized spacial score (nSPS) is 17.6. The fraction of sp³-hybridized carbons (Fsp3) is 0.400. The highest BCUT2D eigenvalue weighted by Gasteiger charge is 2.24. The summed E-state index contributed by atoms with van der Waals surface area (Å²) in [4.78, 5) is 25.9. The van der Waals surface area contributed by atoms with Crippen LogP contribution in [0.25, 0.3) is 0 Å². The van der Waals surface area contributed by atoms with E-state index in [1.165, 1.54) is 23.3 Å². The number of amides is 1. The SMILES string of the molecule is Cc1cc(=O)cc(C(=O)NCCN2CC[C@H](c3ccccc3C)C2)o1. The van der Waals surface area contributed by atoms with Crippen molar-refractivity contribution in [1.82, 2.24) is 10.2 Å². The molecule has 0 bridgehead atoms. The zero-order valence-electron chi connectivity index (χ0n) is 14.7. The number of hydrogen-bond donors (Lipinski definition) is 1. The molecule has 3 rings (SSSR count). The second-order valence-electron chi connectivity index (χ2n) is 6.67. The average molecular weight is 340 g/mol. The van der Waals surface area contributed by atoms with E-state index >= 15 is 0 Å².